The number of benzene rings is 1. The Balaban J connectivity index is 2.04. The van der Waals surface area contributed by atoms with E-state index >= 15 is 0 Å². The molecule has 1 heterocycles. The highest BCUT2D eigenvalue weighted by molar-refractivity contribution is 7.17. The highest BCUT2D eigenvalue weighted by Gasteiger charge is 2.30. The molecule has 1 aromatic carbocycles. The summed E-state index contributed by atoms with van der Waals surface area (Å²) in [4.78, 5) is 13.2. The number of ether oxygens (including phenoxy) is 1. The zero-order valence-corrected chi connectivity index (χ0v) is 13.1. The lowest BCUT2D eigenvalue weighted by Crippen LogP contribution is -2.29. The van der Waals surface area contributed by atoms with Crippen LogP contribution < -0.4 is 15.4 Å². The van der Waals surface area contributed by atoms with Crippen molar-refractivity contribution in [1.82, 2.24) is 10.6 Å². The number of hydrogen-bond acceptors (Lipinski definition) is 4. The molecule has 0 spiro atoms. The Morgan fingerprint density at radius 3 is 2.43 bits per heavy atom. The predicted octanol–water partition coefficient (Wildman–Crippen LogP) is 3.26. The summed E-state index contributed by atoms with van der Waals surface area (Å²) < 4.78 is 40.2. The predicted molar refractivity (Wildman–Crippen MR) is 82.7 cm³/mol. The van der Waals surface area contributed by atoms with Crippen molar-refractivity contribution in [3.8, 4) is 16.2 Å². The van der Waals surface area contributed by atoms with E-state index in [-0.39, 0.29) is 11.7 Å². The molecule has 0 saturated heterocycles. The first-order valence-corrected chi connectivity index (χ1v) is 7.59. The number of thiophene rings is 1. The van der Waals surface area contributed by atoms with E-state index in [1.165, 1.54) is 35.6 Å². The van der Waals surface area contributed by atoms with Crippen molar-refractivity contribution in [2.24, 2.45) is 0 Å². The van der Waals surface area contributed by atoms with Crippen LogP contribution in [-0.4, -0.2) is 32.4 Å². The highest BCUT2D eigenvalue weighted by Crippen LogP contribution is 2.30. The van der Waals surface area contributed by atoms with Gasteiger partial charge in [0, 0.05) is 18.0 Å². The van der Waals surface area contributed by atoms with Gasteiger partial charge in [0.15, 0.2) is 0 Å². The summed E-state index contributed by atoms with van der Waals surface area (Å²) in [6.45, 7) is 1.19. The zero-order chi connectivity index (χ0) is 16.9. The van der Waals surface area contributed by atoms with Crippen LogP contribution in [-0.2, 0) is 0 Å². The van der Waals surface area contributed by atoms with Crippen LogP contribution in [0.4, 0.5) is 13.2 Å². The van der Waals surface area contributed by atoms with Crippen molar-refractivity contribution < 1.29 is 22.7 Å². The summed E-state index contributed by atoms with van der Waals surface area (Å²) in [5.41, 5.74) is 0.721. The number of carbonyl (C=O) groups excluding carboxylic acids is 1. The molecule has 1 amide bonds. The van der Waals surface area contributed by atoms with Gasteiger partial charge in [-0.3, -0.25) is 4.79 Å². The molecule has 0 bridgehead atoms. The maximum absolute atomic E-state index is 12.1. The smallest absolute Gasteiger partial charge is 0.406 e. The number of halogens is 3. The van der Waals surface area contributed by atoms with Crippen LogP contribution in [0, 0.1) is 0 Å². The average Bonchev–Trinajstić information content (AvgIpc) is 2.96. The SMILES string of the molecule is CNCCNC(=O)c1ccc(-c2ccc(OC(F)(F)F)cc2)s1. The van der Waals surface area contributed by atoms with E-state index < -0.39 is 6.36 Å². The molecule has 8 heteroatoms. The lowest BCUT2D eigenvalue weighted by Gasteiger charge is -2.08. The van der Waals surface area contributed by atoms with Crippen molar-refractivity contribution in [2.45, 2.75) is 6.36 Å². The molecule has 0 atom stereocenters. The van der Waals surface area contributed by atoms with Crippen LogP contribution >= 0.6 is 11.3 Å². The molecule has 2 rings (SSSR count). The lowest BCUT2D eigenvalue weighted by atomic mass is 10.2. The van der Waals surface area contributed by atoms with Gasteiger partial charge in [0.25, 0.3) is 5.91 Å². The molecule has 2 N–H and O–H groups in total. The van der Waals surface area contributed by atoms with Gasteiger partial charge in [-0.15, -0.1) is 24.5 Å². The molecule has 0 aliphatic carbocycles. The molecule has 23 heavy (non-hydrogen) atoms. The van der Waals surface area contributed by atoms with Gasteiger partial charge in [-0.1, -0.05) is 0 Å². The monoisotopic (exact) mass is 344 g/mol. The normalized spacial score (nSPS) is 11.3. The molecule has 0 aliphatic heterocycles. The quantitative estimate of drug-likeness (QED) is 0.791. The summed E-state index contributed by atoms with van der Waals surface area (Å²) in [5.74, 6) is -0.448. The third-order valence-corrected chi connectivity index (χ3v) is 4.00. The Kier molecular flexibility index (Phi) is 5.62. The minimum Gasteiger partial charge on any atom is -0.406 e. The van der Waals surface area contributed by atoms with E-state index in [0.717, 1.165) is 10.4 Å². The van der Waals surface area contributed by atoms with Crippen LogP contribution in [0.2, 0.25) is 0 Å². The second kappa shape index (κ2) is 7.47. The van der Waals surface area contributed by atoms with Gasteiger partial charge < -0.3 is 15.4 Å². The molecule has 1 aromatic heterocycles. The Morgan fingerprint density at radius 1 is 1.13 bits per heavy atom. The highest BCUT2D eigenvalue weighted by atomic mass is 32.1. The van der Waals surface area contributed by atoms with Crippen molar-refractivity contribution >= 4 is 17.2 Å². The fourth-order valence-corrected chi connectivity index (χ4v) is 2.75. The van der Waals surface area contributed by atoms with Gasteiger partial charge in [0.05, 0.1) is 4.88 Å². The van der Waals surface area contributed by atoms with Crippen LogP contribution in [0.1, 0.15) is 9.67 Å². The standard InChI is InChI=1S/C15H15F3N2O2S/c1-19-8-9-20-14(21)13-7-6-12(23-13)10-2-4-11(5-3-10)22-15(16,17)18/h2-7,19H,8-9H2,1H3,(H,20,21). The Morgan fingerprint density at radius 2 is 1.83 bits per heavy atom. The van der Waals surface area contributed by atoms with Gasteiger partial charge in [0.2, 0.25) is 0 Å². The van der Waals surface area contributed by atoms with Crippen molar-refractivity contribution in [3.63, 3.8) is 0 Å². The maximum Gasteiger partial charge on any atom is 0.573 e. The molecule has 0 aliphatic rings. The first-order valence-electron chi connectivity index (χ1n) is 6.78. The largest absolute Gasteiger partial charge is 0.573 e. The number of rotatable bonds is 6. The van der Waals surface area contributed by atoms with Crippen LogP contribution in [0.5, 0.6) is 5.75 Å². The molecular formula is C15H15F3N2O2S. The first-order chi connectivity index (χ1) is 10.9. The third-order valence-electron chi connectivity index (χ3n) is 2.86. The third kappa shape index (κ3) is 5.26. The fraction of sp³-hybridized carbons (Fsp3) is 0.267. The summed E-state index contributed by atoms with van der Waals surface area (Å²) >= 11 is 1.28. The second-order valence-corrected chi connectivity index (χ2v) is 5.68. The number of hydrogen-bond donors (Lipinski definition) is 2. The van der Waals surface area contributed by atoms with E-state index in [1.807, 2.05) is 0 Å². The molecule has 4 nitrogen and oxygen atoms in total. The lowest BCUT2D eigenvalue weighted by molar-refractivity contribution is -0.274. The molecular weight excluding hydrogens is 329 g/mol. The van der Waals surface area contributed by atoms with E-state index in [9.17, 15) is 18.0 Å². The average molecular weight is 344 g/mol. The zero-order valence-electron chi connectivity index (χ0n) is 12.2. The Bertz CT molecular complexity index is 653. The van der Waals surface area contributed by atoms with Gasteiger partial charge in [-0.2, -0.15) is 0 Å². The molecule has 124 valence electrons. The number of alkyl halides is 3. The van der Waals surface area contributed by atoms with E-state index in [1.54, 1.807) is 19.2 Å². The topological polar surface area (TPSA) is 50.4 Å². The minimum atomic E-state index is -4.71. The summed E-state index contributed by atoms with van der Waals surface area (Å²) in [6.07, 6.45) is -4.71. The number of amides is 1. The first kappa shape index (κ1) is 17.3. The molecule has 0 saturated carbocycles. The number of carbonyl (C=O) groups is 1. The van der Waals surface area contributed by atoms with E-state index in [4.69, 9.17) is 0 Å². The van der Waals surface area contributed by atoms with Crippen molar-refractivity contribution in [2.75, 3.05) is 20.1 Å². The molecule has 2 aromatic rings. The van der Waals surface area contributed by atoms with Gasteiger partial charge in [-0.25, -0.2) is 0 Å². The van der Waals surface area contributed by atoms with Crippen LogP contribution in [0.15, 0.2) is 36.4 Å². The second-order valence-electron chi connectivity index (χ2n) is 4.60. The minimum absolute atomic E-state index is 0.173. The molecule has 0 radical (unpaired) electrons. The number of nitrogens with one attached hydrogen (secondary N) is 2. The van der Waals surface area contributed by atoms with Crippen molar-refractivity contribution in [1.29, 1.82) is 0 Å². The summed E-state index contributed by atoms with van der Waals surface area (Å²) in [6, 6.07) is 8.99. The van der Waals surface area contributed by atoms with Gasteiger partial charge >= 0.3 is 6.36 Å². The van der Waals surface area contributed by atoms with Gasteiger partial charge in [0.1, 0.15) is 5.75 Å². The van der Waals surface area contributed by atoms with Crippen LogP contribution in [0.3, 0.4) is 0 Å². The Hall–Kier alpha value is -2.06. The van der Waals surface area contributed by atoms with E-state index in [2.05, 4.69) is 15.4 Å². The van der Waals surface area contributed by atoms with Crippen LogP contribution in [0.25, 0.3) is 10.4 Å². The fourth-order valence-electron chi connectivity index (χ4n) is 1.82. The molecule has 0 fully saturated rings. The van der Waals surface area contributed by atoms with Crippen molar-refractivity contribution in [3.05, 3.63) is 41.3 Å². The number of likely N-dealkylation sites (N-methyl/N-ethyl adjacent to an activating group) is 1. The summed E-state index contributed by atoms with van der Waals surface area (Å²) in [7, 11) is 1.79. The summed E-state index contributed by atoms with van der Waals surface area (Å²) in [5, 5.41) is 5.69. The van der Waals surface area contributed by atoms with Gasteiger partial charge in [-0.05, 0) is 49.0 Å². The molecule has 0 unspecified atom stereocenters. The Labute approximate surface area is 135 Å². The maximum atomic E-state index is 12.1. The van der Waals surface area contributed by atoms with E-state index in [0.29, 0.717) is 18.0 Å².